The number of para-hydroxylation sites is 5. The van der Waals surface area contributed by atoms with E-state index >= 15 is 0 Å². The first-order chi connectivity index (χ1) is 34.2. The smallest absolute Gasteiger partial charge is 0.135 e. The Morgan fingerprint density at radius 1 is 0.319 bits per heavy atom. The van der Waals surface area contributed by atoms with Crippen LogP contribution in [0.3, 0.4) is 0 Å². The molecule has 4 nitrogen and oxygen atoms in total. The zero-order valence-corrected chi connectivity index (χ0v) is 38.1. The third kappa shape index (κ3) is 6.51. The average Bonchev–Trinajstić information content (AvgIpc) is 4.09. The molecule has 0 amide bonds. The highest BCUT2D eigenvalue weighted by Crippen LogP contribution is 2.47. The Kier molecular flexibility index (Phi) is 9.04. The Labute approximate surface area is 402 Å². The summed E-state index contributed by atoms with van der Waals surface area (Å²) in [6.45, 7) is 0. The van der Waals surface area contributed by atoms with Crippen molar-refractivity contribution in [3.8, 4) is 16.8 Å². The fourth-order valence-corrected chi connectivity index (χ4v) is 11.8. The van der Waals surface area contributed by atoms with Crippen LogP contribution in [-0.4, -0.2) is 4.57 Å². The van der Waals surface area contributed by atoms with Crippen LogP contribution in [-0.2, 0) is 0 Å². The maximum Gasteiger partial charge on any atom is 0.135 e. The first kappa shape index (κ1) is 39.3. The van der Waals surface area contributed by atoms with Crippen LogP contribution in [0.4, 0.5) is 34.1 Å². The molecule has 0 aliphatic carbocycles. The lowest BCUT2D eigenvalue weighted by molar-refractivity contribution is 0.669. The van der Waals surface area contributed by atoms with E-state index in [-0.39, 0.29) is 0 Å². The number of hydrogen-bond acceptors (Lipinski definition) is 4. The maximum atomic E-state index is 6.37. The van der Waals surface area contributed by atoms with E-state index in [1.807, 2.05) is 23.5 Å². The highest BCUT2D eigenvalue weighted by Gasteiger charge is 2.23. The quantitative estimate of drug-likeness (QED) is 0.152. The molecular weight excluding hydrogens is 859 g/mol. The molecule has 69 heavy (non-hydrogen) atoms. The summed E-state index contributed by atoms with van der Waals surface area (Å²) in [5.74, 6) is 0. The van der Waals surface area contributed by atoms with Gasteiger partial charge in [-0.3, -0.25) is 0 Å². The lowest BCUT2D eigenvalue weighted by Gasteiger charge is -2.30. The van der Waals surface area contributed by atoms with E-state index < -0.39 is 0 Å². The molecule has 0 bridgehead atoms. The van der Waals surface area contributed by atoms with Gasteiger partial charge in [-0.2, -0.15) is 0 Å². The van der Waals surface area contributed by atoms with Gasteiger partial charge in [-0.15, -0.1) is 11.3 Å². The second-order valence-corrected chi connectivity index (χ2v) is 18.8. The second-order valence-electron chi connectivity index (χ2n) is 17.7. The molecule has 14 rings (SSSR count). The summed E-state index contributed by atoms with van der Waals surface area (Å²) in [6, 6.07) is 90.2. The predicted octanol–water partition coefficient (Wildman–Crippen LogP) is 18.8. The zero-order valence-electron chi connectivity index (χ0n) is 37.3. The molecule has 0 saturated heterocycles. The molecule has 0 radical (unpaired) electrons. The summed E-state index contributed by atoms with van der Waals surface area (Å²) < 4.78 is 11.3. The number of thiophene rings is 1. The lowest BCUT2D eigenvalue weighted by Crippen LogP contribution is -2.13. The van der Waals surface area contributed by atoms with Crippen LogP contribution in [0.15, 0.2) is 253 Å². The molecule has 0 saturated carbocycles. The van der Waals surface area contributed by atoms with E-state index in [0.717, 1.165) is 78.4 Å². The van der Waals surface area contributed by atoms with Crippen molar-refractivity contribution in [1.29, 1.82) is 0 Å². The van der Waals surface area contributed by atoms with Crippen molar-refractivity contribution in [2.24, 2.45) is 0 Å². The molecule has 14 aromatic rings. The summed E-state index contributed by atoms with van der Waals surface area (Å²) in [4.78, 5) is 4.80. The molecule has 0 spiro atoms. The van der Waals surface area contributed by atoms with Gasteiger partial charge in [0.1, 0.15) is 11.2 Å². The Morgan fingerprint density at radius 2 is 0.913 bits per heavy atom. The monoisotopic (exact) mass is 899 g/mol. The molecule has 0 aliphatic heterocycles. The zero-order chi connectivity index (χ0) is 45.4. The van der Waals surface area contributed by atoms with Crippen molar-refractivity contribution in [2.45, 2.75) is 0 Å². The van der Waals surface area contributed by atoms with Crippen molar-refractivity contribution < 1.29 is 4.42 Å². The van der Waals surface area contributed by atoms with Crippen molar-refractivity contribution in [1.82, 2.24) is 4.57 Å². The molecule has 0 N–H and O–H groups in total. The minimum absolute atomic E-state index is 0.866. The fourth-order valence-electron chi connectivity index (χ4n) is 10.6. The molecule has 11 aromatic carbocycles. The van der Waals surface area contributed by atoms with Crippen molar-refractivity contribution in [2.75, 3.05) is 9.80 Å². The number of rotatable bonds is 8. The summed E-state index contributed by atoms with van der Waals surface area (Å²) in [5.41, 5.74) is 13.7. The van der Waals surface area contributed by atoms with Crippen molar-refractivity contribution in [3.63, 3.8) is 0 Å². The van der Waals surface area contributed by atoms with E-state index in [9.17, 15) is 0 Å². The first-order valence-electron chi connectivity index (χ1n) is 23.4. The number of nitrogens with zero attached hydrogens (tertiary/aromatic N) is 3. The molecule has 3 aromatic heterocycles. The molecule has 0 unspecified atom stereocenters. The van der Waals surface area contributed by atoms with Crippen molar-refractivity contribution >= 4 is 120 Å². The van der Waals surface area contributed by atoms with E-state index in [2.05, 4.69) is 251 Å². The SMILES string of the molecule is c1ccc(N(c2cc(-c3ccc4c(c3)sc3ccc5ccccc5c34)cc(N(c3ccccc3)c3ccc4c5ccccc5n(-c5ccccc5)c4c3)c2)c2ccc3oc4ccccc4c3c2)cc1. The number of anilines is 6. The number of fused-ring (bicyclic) bond motifs is 11. The minimum atomic E-state index is 0.866. The van der Waals surface area contributed by atoms with E-state index in [4.69, 9.17) is 4.42 Å². The van der Waals surface area contributed by atoms with Gasteiger partial charge in [-0.25, -0.2) is 0 Å². The van der Waals surface area contributed by atoms with Crippen LogP contribution in [0.25, 0.3) is 91.5 Å². The predicted molar refractivity (Wildman–Crippen MR) is 293 cm³/mol. The molecule has 3 heterocycles. The molecule has 0 fully saturated rings. The maximum absolute atomic E-state index is 6.37. The molecular formula is C64H41N3OS. The van der Waals surface area contributed by atoms with E-state index in [1.165, 1.54) is 47.2 Å². The molecule has 324 valence electrons. The Morgan fingerprint density at radius 3 is 1.68 bits per heavy atom. The van der Waals surface area contributed by atoms with Gasteiger partial charge in [0, 0.05) is 81.5 Å². The largest absolute Gasteiger partial charge is 0.456 e. The Bertz CT molecular complexity index is 4270. The van der Waals surface area contributed by atoms with E-state index in [0.29, 0.717) is 0 Å². The van der Waals surface area contributed by atoms with Gasteiger partial charge in [-0.05, 0) is 131 Å². The van der Waals surface area contributed by atoms with Crippen LogP contribution in [0, 0.1) is 0 Å². The van der Waals surface area contributed by atoms with Crippen LogP contribution in [0.1, 0.15) is 0 Å². The standard InChI is InChI=1S/C64H41N3OS/c1-4-17-45(18-5-1)65(48-31-34-61-57(40-48)55-25-13-15-27-60(55)68-61)50-36-44(43-28-32-56-63(38-43)69-62-35-29-42-16-10-11-23-52(42)64(56)62)37-51(39-50)66(46-19-6-2-7-20-46)49-30-33-54-53-24-12-14-26-58(53)67(59(54)41-49)47-21-8-3-9-22-47/h1-41H. The minimum Gasteiger partial charge on any atom is -0.456 e. The van der Waals surface area contributed by atoms with Gasteiger partial charge >= 0.3 is 0 Å². The van der Waals surface area contributed by atoms with Crippen LogP contribution in [0.2, 0.25) is 0 Å². The molecule has 5 heteroatoms. The van der Waals surface area contributed by atoms with Gasteiger partial charge in [0.25, 0.3) is 0 Å². The normalized spacial score (nSPS) is 11.8. The number of furan rings is 1. The number of benzene rings is 11. The van der Waals surface area contributed by atoms with E-state index in [1.54, 1.807) is 0 Å². The summed E-state index contributed by atoms with van der Waals surface area (Å²) >= 11 is 1.87. The van der Waals surface area contributed by atoms with Crippen LogP contribution >= 0.6 is 11.3 Å². The highest BCUT2D eigenvalue weighted by atomic mass is 32.1. The van der Waals surface area contributed by atoms with Gasteiger partial charge in [-0.1, -0.05) is 140 Å². The van der Waals surface area contributed by atoms with Gasteiger partial charge < -0.3 is 18.8 Å². The molecule has 0 aliphatic rings. The third-order valence-corrected chi connectivity index (χ3v) is 14.8. The number of aromatic nitrogens is 1. The van der Waals surface area contributed by atoms with Crippen molar-refractivity contribution in [3.05, 3.63) is 249 Å². The number of hydrogen-bond donors (Lipinski definition) is 0. The first-order valence-corrected chi connectivity index (χ1v) is 24.2. The third-order valence-electron chi connectivity index (χ3n) is 13.7. The van der Waals surface area contributed by atoms with Gasteiger partial charge in [0.2, 0.25) is 0 Å². The lowest BCUT2D eigenvalue weighted by atomic mass is 9.99. The Balaban J connectivity index is 1.03. The van der Waals surface area contributed by atoms with Gasteiger partial charge in [0.15, 0.2) is 0 Å². The van der Waals surface area contributed by atoms with Crippen LogP contribution in [0.5, 0.6) is 0 Å². The summed E-state index contributed by atoms with van der Waals surface area (Å²) in [5, 5.41) is 9.77. The van der Waals surface area contributed by atoms with Crippen LogP contribution < -0.4 is 9.80 Å². The second kappa shape index (κ2) is 15.9. The van der Waals surface area contributed by atoms with Gasteiger partial charge in [0.05, 0.1) is 11.0 Å². The fraction of sp³-hybridized carbons (Fsp3) is 0. The summed E-state index contributed by atoms with van der Waals surface area (Å²) in [7, 11) is 0. The highest BCUT2D eigenvalue weighted by molar-refractivity contribution is 7.26. The molecule has 0 atom stereocenters. The Hall–Kier alpha value is -8.90. The summed E-state index contributed by atoms with van der Waals surface area (Å²) in [6.07, 6.45) is 0. The topological polar surface area (TPSA) is 24.6 Å². The average molecular weight is 900 g/mol.